The van der Waals surface area contributed by atoms with Crippen LogP contribution in [0.25, 0.3) is 11.1 Å². The number of ether oxygens (including phenoxy) is 2. The Kier molecular flexibility index (Phi) is 9.78. The zero-order valence-corrected chi connectivity index (χ0v) is 26.8. The summed E-state index contributed by atoms with van der Waals surface area (Å²) in [7, 11) is 1.17. The summed E-state index contributed by atoms with van der Waals surface area (Å²) in [5, 5.41) is 1.51. The summed E-state index contributed by atoms with van der Waals surface area (Å²) in [6.45, 7) is 32.5. The van der Waals surface area contributed by atoms with Gasteiger partial charge >= 0.3 is 0 Å². The van der Waals surface area contributed by atoms with Crippen LogP contribution in [0.3, 0.4) is 0 Å². The van der Waals surface area contributed by atoms with E-state index in [-0.39, 0.29) is 16.4 Å². The Balaban J connectivity index is 3.26. The molecule has 0 amide bonds. The molecule has 0 bridgehead atoms. The van der Waals surface area contributed by atoms with Gasteiger partial charge in [0.05, 0.1) is 13.2 Å². The highest BCUT2D eigenvalue weighted by molar-refractivity contribution is 7.69. The molecule has 36 heavy (non-hydrogen) atoms. The van der Waals surface area contributed by atoms with Crippen LogP contribution in [0.2, 0.25) is 0 Å². The molecule has 0 aliphatic rings. The first-order valence-corrected chi connectivity index (χ1v) is 15.1. The van der Waals surface area contributed by atoms with Gasteiger partial charge in [0.1, 0.15) is 11.5 Å². The van der Waals surface area contributed by atoms with Crippen LogP contribution >= 0.6 is 7.92 Å². The van der Waals surface area contributed by atoms with Crippen molar-refractivity contribution in [3.8, 4) is 22.6 Å². The van der Waals surface area contributed by atoms with Gasteiger partial charge in [-0.2, -0.15) is 0 Å². The lowest BCUT2D eigenvalue weighted by atomic mass is 9.81. The third-order valence-corrected chi connectivity index (χ3v) is 10.2. The lowest BCUT2D eigenvalue weighted by Crippen LogP contribution is -2.33. The number of benzene rings is 2. The van der Waals surface area contributed by atoms with E-state index in [1.54, 1.807) is 0 Å². The number of rotatable bonds is 8. The summed E-state index contributed by atoms with van der Waals surface area (Å²) in [6.07, 6.45) is 0.0965. The fourth-order valence-corrected chi connectivity index (χ4v) is 9.61. The Morgan fingerprint density at radius 2 is 1.08 bits per heavy atom. The second-order valence-electron chi connectivity index (χ2n) is 13.4. The van der Waals surface area contributed by atoms with Crippen molar-refractivity contribution in [2.24, 2.45) is 0 Å². The SMILES string of the molecule is COc1ccc(OC(C)C)c(P(C(C)(C)C)C(C)(C)C)c1-c1c(C(C)C)cc(C(C)C)cc1C(C)C. The van der Waals surface area contributed by atoms with Crippen LogP contribution in [-0.2, 0) is 0 Å². The van der Waals surface area contributed by atoms with Gasteiger partial charge < -0.3 is 9.47 Å². The van der Waals surface area contributed by atoms with Crippen molar-refractivity contribution in [3.63, 3.8) is 0 Å². The summed E-state index contributed by atoms with van der Waals surface area (Å²) in [5.74, 6) is 3.21. The fraction of sp³-hybridized carbons (Fsp3) is 0.636. The lowest BCUT2D eigenvalue weighted by molar-refractivity contribution is 0.244. The quantitative estimate of drug-likeness (QED) is 0.328. The summed E-state index contributed by atoms with van der Waals surface area (Å²) in [5.41, 5.74) is 6.82. The van der Waals surface area contributed by atoms with Gasteiger partial charge in [0.15, 0.2) is 0 Å². The first-order chi connectivity index (χ1) is 16.4. The molecule has 2 rings (SSSR count). The van der Waals surface area contributed by atoms with Gasteiger partial charge in [-0.15, -0.1) is 0 Å². The van der Waals surface area contributed by atoms with Crippen LogP contribution in [0.5, 0.6) is 11.5 Å². The summed E-state index contributed by atoms with van der Waals surface area (Å²) in [4.78, 5) is 0. The van der Waals surface area contributed by atoms with Crippen LogP contribution in [0.15, 0.2) is 24.3 Å². The highest BCUT2D eigenvalue weighted by Gasteiger charge is 2.41. The van der Waals surface area contributed by atoms with Crippen LogP contribution in [0, 0.1) is 0 Å². The van der Waals surface area contributed by atoms with E-state index in [1.165, 1.54) is 33.1 Å². The molecule has 0 aliphatic carbocycles. The highest BCUT2D eigenvalue weighted by Crippen LogP contribution is 2.62. The lowest BCUT2D eigenvalue weighted by Gasteiger charge is -2.44. The van der Waals surface area contributed by atoms with E-state index in [4.69, 9.17) is 9.47 Å². The number of methoxy groups -OCH3 is 1. The average Bonchev–Trinajstić information content (AvgIpc) is 2.71. The largest absolute Gasteiger partial charge is 0.496 e. The maximum Gasteiger partial charge on any atom is 0.128 e. The smallest absolute Gasteiger partial charge is 0.128 e. The molecular weight excluding hydrogens is 459 g/mol. The van der Waals surface area contributed by atoms with Gasteiger partial charge in [-0.1, -0.05) is 103 Å². The first-order valence-electron chi connectivity index (χ1n) is 13.8. The number of hydrogen-bond donors (Lipinski definition) is 0. The monoisotopic (exact) mass is 512 g/mol. The van der Waals surface area contributed by atoms with Crippen LogP contribution in [0.4, 0.5) is 0 Å². The summed E-state index contributed by atoms with van der Waals surface area (Å²) >= 11 is 0. The molecule has 0 unspecified atom stereocenters. The highest BCUT2D eigenvalue weighted by atomic mass is 31.1. The standard InChI is InChI=1S/C33H53O2P/c1-20(2)24-18-25(21(3)4)29(26(19-24)22(5)6)30-27(34-15)16-17-28(35-23(7)8)31(30)36(32(9,10)11)33(12,13)14/h16-23H,1-15H3. The Bertz CT molecular complexity index is 990. The predicted octanol–water partition coefficient (Wildman–Crippen LogP) is 10.2. The Hall–Kier alpha value is -1.53. The molecule has 0 aromatic heterocycles. The van der Waals surface area contributed by atoms with Crippen LogP contribution in [0.1, 0.15) is 131 Å². The minimum Gasteiger partial charge on any atom is -0.496 e. The van der Waals surface area contributed by atoms with Gasteiger partial charge in [0.25, 0.3) is 0 Å². The summed E-state index contributed by atoms with van der Waals surface area (Å²) in [6, 6.07) is 9.18. The number of hydrogen-bond acceptors (Lipinski definition) is 2. The van der Waals surface area contributed by atoms with E-state index in [0.29, 0.717) is 17.8 Å². The maximum absolute atomic E-state index is 6.60. The van der Waals surface area contributed by atoms with Crippen molar-refractivity contribution < 1.29 is 9.47 Å². The molecule has 0 radical (unpaired) electrons. The second-order valence-corrected chi connectivity index (χ2v) is 17.2. The van der Waals surface area contributed by atoms with E-state index in [1.807, 2.05) is 7.11 Å². The van der Waals surface area contributed by atoms with Crippen molar-refractivity contribution >= 4 is 13.2 Å². The van der Waals surface area contributed by atoms with Crippen molar-refractivity contribution in [2.75, 3.05) is 7.11 Å². The first kappa shape index (κ1) is 30.7. The molecule has 2 aromatic rings. The normalized spacial score (nSPS) is 13.0. The topological polar surface area (TPSA) is 18.5 Å². The molecule has 0 saturated heterocycles. The fourth-order valence-electron chi connectivity index (χ4n) is 5.46. The molecule has 3 heteroatoms. The van der Waals surface area contributed by atoms with E-state index >= 15 is 0 Å². The van der Waals surface area contributed by atoms with Crippen molar-refractivity contribution in [1.29, 1.82) is 0 Å². The molecule has 2 nitrogen and oxygen atoms in total. The molecule has 2 aromatic carbocycles. The summed E-state index contributed by atoms with van der Waals surface area (Å²) < 4.78 is 12.8. The maximum atomic E-state index is 6.60. The van der Waals surface area contributed by atoms with E-state index in [0.717, 1.165) is 11.5 Å². The third kappa shape index (κ3) is 6.66. The van der Waals surface area contributed by atoms with Gasteiger partial charge in [-0.3, -0.25) is 0 Å². The average molecular weight is 513 g/mol. The zero-order valence-electron chi connectivity index (χ0n) is 25.9. The van der Waals surface area contributed by atoms with Crippen LogP contribution in [-0.4, -0.2) is 23.5 Å². The van der Waals surface area contributed by atoms with Crippen molar-refractivity contribution in [3.05, 3.63) is 41.0 Å². The molecule has 0 atom stereocenters. The molecule has 0 saturated carbocycles. The molecule has 0 heterocycles. The van der Waals surface area contributed by atoms with Gasteiger partial charge in [0.2, 0.25) is 0 Å². The van der Waals surface area contributed by atoms with Gasteiger partial charge in [-0.25, -0.2) is 0 Å². The molecule has 0 spiro atoms. The van der Waals surface area contributed by atoms with Crippen LogP contribution < -0.4 is 14.8 Å². The molecule has 0 N–H and O–H groups in total. The van der Waals surface area contributed by atoms with Crippen molar-refractivity contribution in [2.45, 2.75) is 131 Å². The Morgan fingerprint density at radius 1 is 0.639 bits per heavy atom. The van der Waals surface area contributed by atoms with Gasteiger partial charge in [0, 0.05) is 10.9 Å². The molecule has 0 fully saturated rings. The zero-order chi connectivity index (χ0) is 27.7. The molecule has 202 valence electrons. The predicted molar refractivity (Wildman–Crippen MR) is 163 cm³/mol. The van der Waals surface area contributed by atoms with E-state index in [2.05, 4.69) is 121 Å². The van der Waals surface area contributed by atoms with E-state index in [9.17, 15) is 0 Å². The Labute approximate surface area is 224 Å². The van der Waals surface area contributed by atoms with Gasteiger partial charge in [-0.05, 0) is 76.3 Å². The minimum atomic E-state index is -0.644. The van der Waals surface area contributed by atoms with E-state index < -0.39 is 7.92 Å². The third-order valence-electron chi connectivity index (χ3n) is 6.63. The van der Waals surface area contributed by atoms with Crippen molar-refractivity contribution in [1.82, 2.24) is 0 Å². The Morgan fingerprint density at radius 3 is 1.42 bits per heavy atom. The molecule has 0 aliphatic heterocycles. The minimum absolute atomic E-state index is 0.0810. The second kappa shape index (κ2) is 11.5. The molecular formula is C33H53O2P.